The van der Waals surface area contributed by atoms with Gasteiger partial charge in [0.1, 0.15) is 11.5 Å². The molecular weight excluding hydrogens is 371 g/mol. The molecule has 0 radical (unpaired) electrons. The number of fused-ring (bicyclic) bond motifs is 2. The minimum Gasteiger partial charge on any atom is -0.455 e. The van der Waals surface area contributed by atoms with Crippen LogP contribution in [0.2, 0.25) is 5.02 Å². The average Bonchev–Trinajstić information content (AvgIpc) is 2.64. The zero-order valence-electron chi connectivity index (χ0n) is 14.7. The van der Waals surface area contributed by atoms with Crippen molar-refractivity contribution in [3.05, 3.63) is 47.5 Å². The summed E-state index contributed by atoms with van der Waals surface area (Å²) in [6, 6.07) is 13.9. The van der Waals surface area contributed by atoms with E-state index >= 15 is 0 Å². The molecule has 140 valence electrons. The molecule has 1 saturated heterocycles. The van der Waals surface area contributed by atoms with Crippen LogP contribution in [0.5, 0.6) is 11.5 Å². The fourth-order valence-electron chi connectivity index (χ4n) is 3.58. The van der Waals surface area contributed by atoms with E-state index < -0.39 is 0 Å². The van der Waals surface area contributed by atoms with Crippen LogP contribution in [0, 0.1) is 0 Å². The monoisotopic (exact) mass is 394 g/mol. The van der Waals surface area contributed by atoms with Crippen LogP contribution in [-0.4, -0.2) is 37.9 Å². The van der Waals surface area contributed by atoms with Gasteiger partial charge < -0.3 is 19.3 Å². The average molecular weight is 395 g/mol. The molecule has 0 aromatic heterocycles. The Morgan fingerprint density at radius 1 is 0.846 bits per heavy atom. The van der Waals surface area contributed by atoms with Crippen molar-refractivity contribution < 1.29 is 9.47 Å². The number of benzene rings is 2. The predicted molar refractivity (Wildman–Crippen MR) is 109 cm³/mol. The van der Waals surface area contributed by atoms with Gasteiger partial charge in [0.05, 0.1) is 11.4 Å². The van der Waals surface area contributed by atoms with Gasteiger partial charge in [0.25, 0.3) is 0 Å². The molecular formula is C20H24Cl2N2O2. The Labute approximate surface area is 166 Å². The van der Waals surface area contributed by atoms with Crippen LogP contribution in [0.15, 0.2) is 42.5 Å². The summed E-state index contributed by atoms with van der Waals surface area (Å²) in [4.78, 5) is 4.81. The fourth-order valence-corrected chi connectivity index (χ4v) is 3.74. The zero-order chi connectivity index (χ0) is 17.1. The largest absolute Gasteiger partial charge is 0.455 e. The van der Waals surface area contributed by atoms with Crippen LogP contribution >= 0.6 is 24.0 Å². The van der Waals surface area contributed by atoms with Crippen molar-refractivity contribution in [1.29, 1.82) is 0 Å². The molecule has 0 unspecified atom stereocenters. The molecule has 2 heterocycles. The molecule has 6 heteroatoms. The lowest BCUT2D eigenvalue weighted by Crippen LogP contribution is -2.37. The highest BCUT2D eigenvalue weighted by Crippen LogP contribution is 2.41. The first kappa shape index (κ1) is 19.2. The van der Waals surface area contributed by atoms with Gasteiger partial charge in [-0.25, -0.2) is 0 Å². The number of hydrogen-bond donors (Lipinski definition) is 0. The number of ether oxygens (including phenoxy) is 2. The number of hydrogen-bond acceptors (Lipinski definition) is 4. The lowest BCUT2D eigenvalue weighted by Gasteiger charge is -2.34. The molecule has 0 atom stereocenters. The van der Waals surface area contributed by atoms with E-state index in [1.807, 2.05) is 36.4 Å². The summed E-state index contributed by atoms with van der Waals surface area (Å²) in [5.41, 5.74) is 2.06. The molecule has 4 rings (SSSR count). The second kappa shape index (κ2) is 8.85. The predicted octanol–water partition coefficient (Wildman–Crippen LogP) is 5.11. The highest BCUT2D eigenvalue weighted by molar-refractivity contribution is 6.31. The maximum atomic E-state index is 6.29. The van der Waals surface area contributed by atoms with E-state index in [-0.39, 0.29) is 19.2 Å². The Morgan fingerprint density at radius 2 is 1.58 bits per heavy atom. The number of nitrogens with zero attached hydrogens (tertiary/aromatic N) is 2. The van der Waals surface area contributed by atoms with E-state index in [4.69, 9.17) is 21.1 Å². The second-order valence-electron chi connectivity index (χ2n) is 6.54. The quantitative estimate of drug-likeness (QED) is 0.721. The Hall–Kier alpha value is -1.62. The molecule has 2 aliphatic heterocycles. The standard InChI is InChI=1S/C20H23ClN2O2.ClH/c21-16-8-9-20-18(14-16)23(13-12-22-10-4-1-5-11-22)17-6-2-3-7-19(17)24-15-25-20;/h2-3,6-9,14H,1,4-5,10-13,15H2;1H. The minimum absolute atomic E-state index is 0. The molecule has 0 aliphatic carbocycles. The van der Waals surface area contributed by atoms with E-state index in [1.54, 1.807) is 0 Å². The third kappa shape index (κ3) is 4.20. The van der Waals surface area contributed by atoms with Crippen molar-refractivity contribution in [1.82, 2.24) is 4.90 Å². The van der Waals surface area contributed by atoms with Crippen molar-refractivity contribution in [3.8, 4) is 11.5 Å². The first-order valence-electron chi connectivity index (χ1n) is 8.95. The third-order valence-electron chi connectivity index (χ3n) is 4.89. The molecule has 0 saturated carbocycles. The molecule has 2 aromatic rings. The summed E-state index contributed by atoms with van der Waals surface area (Å²) >= 11 is 6.29. The maximum absolute atomic E-state index is 6.29. The molecule has 2 aliphatic rings. The summed E-state index contributed by atoms with van der Waals surface area (Å²) in [5, 5.41) is 0.712. The molecule has 26 heavy (non-hydrogen) atoms. The first-order chi connectivity index (χ1) is 12.3. The first-order valence-corrected chi connectivity index (χ1v) is 9.33. The van der Waals surface area contributed by atoms with Crippen molar-refractivity contribution in [3.63, 3.8) is 0 Å². The summed E-state index contributed by atoms with van der Waals surface area (Å²) in [6.45, 7) is 4.46. The highest BCUT2D eigenvalue weighted by atomic mass is 35.5. The molecule has 0 amide bonds. The fraction of sp³-hybridized carbons (Fsp3) is 0.400. The van der Waals surface area contributed by atoms with Crippen LogP contribution in [0.1, 0.15) is 19.3 Å². The topological polar surface area (TPSA) is 24.9 Å². The van der Waals surface area contributed by atoms with Gasteiger partial charge in [0.2, 0.25) is 6.79 Å². The number of piperidine rings is 1. The lowest BCUT2D eigenvalue weighted by atomic mass is 10.1. The normalized spacial score (nSPS) is 16.9. The van der Waals surface area contributed by atoms with Crippen LogP contribution < -0.4 is 14.4 Å². The van der Waals surface area contributed by atoms with Crippen LogP contribution in [0.25, 0.3) is 0 Å². The van der Waals surface area contributed by atoms with Gasteiger partial charge >= 0.3 is 0 Å². The van der Waals surface area contributed by atoms with Crippen molar-refractivity contribution in [2.24, 2.45) is 0 Å². The van der Waals surface area contributed by atoms with Crippen LogP contribution in [0.4, 0.5) is 11.4 Å². The summed E-state index contributed by atoms with van der Waals surface area (Å²) < 4.78 is 11.7. The number of anilines is 2. The Morgan fingerprint density at radius 3 is 2.38 bits per heavy atom. The van der Waals surface area contributed by atoms with Gasteiger partial charge in [-0.15, -0.1) is 12.4 Å². The smallest absolute Gasteiger partial charge is 0.231 e. The van der Waals surface area contributed by atoms with Gasteiger partial charge in [0.15, 0.2) is 0 Å². The number of halogens is 2. The maximum Gasteiger partial charge on any atom is 0.231 e. The van der Waals surface area contributed by atoms with E-state index in [1.165, 1.54) is 32.4 Å². The van der Waals surface area contributed by atoms with Gasteiger partial charge in [0, 0.05) is 18.1 Å². The lowest BCUT2D eigenvalue weighted by molar-refractivity contribution is 0.118. The summed E-state index contributed by atoms with van der Waals surface area (Å²) in [5.74, 6) is 1.64. The summed E-state index contributed by atoms with van der Waals surface area (Å²) in [6.07, 6.45) is 3.94. The molecule has 0 spiro atoms. The van der Waals surface area contributed by atoms with Crippen molar-refractivity contribution in [2.45, 2.75) is 19.3 Å². The van der Waals surface area contributed by atoms with Gasteiger partial charge in [-0.2, -0.15) is 0 Å². The Bertz CT molecular complexity index is 736. The Kier molecular flexibility index (Phi) is 6.52. The van der Waals surface area contributed by atoms with Crippen molar-refractivity contribution >= 4 is 35.4 Å². The minimum atomic E-state index is 0. The van der Waals surface area contributed by atoms with E-state index in [0.717, 1.165) is 36.0 Å². The second-order valence-corrected chi connectivity index (χ2v) is 6.98. The molecule has 0 bridgehead atoms. The van der Waals surface area contributed by atoms with Crippen LogP contribution in [-0.2, 0) is 0 Å². The molecule has 4 nitrogen and oxygen atoms in total. The third-order valence-corrected chi connectivity index (χ3v) is 5.12. The van der Waals surface area contributed by atoms with E-state index in [9.17, 15) is 0 Å². The van der Waals surface area contributed by atoms with Gasteiger partial charge in [-0.1, -0.05) is 30.2 Å². The number of likely N-dealkylation sites (tertiary alicyclic amines) is 1. The van der Waals surface area contributed by atoms with E-state index in [2.05, 4.69) is 15.9 Å². The number of rotatable bonds is 3. The van der Waals surface area contributed by atoms with E-state index in [0.29, 0.717) is 5.02 Å². The molecule has 1 fully saturated rings. The van der Waals surface area contributed by atoms with Crippen molar-refractivity contribution in [2.75, 3.05) is 37.9 Å². The molecule has 2 aromatic carbocycles. The SMILES string of the molecule is Cl.Clc1ccc2c(c1)N(CCN1CCCCC1)c1ccccc1OCO2. The summed E-state index contributed by atoms with van der Waals surface area (Å²) in [7, 11) is 0. The molecule has 0 N–H and O–H groups in total. The van der Waals surface area contributed by atoms with Gasteiger partial charge in [-0.3, -0.25) is 0 Å². The van der Waals surface area contributed by atoms with Gasteiger partial charge in [-0.05, 0) is 56.3 Å². The highest BCUT2D eigenvalue weighted by Gasteiger charge is 2.22. The zero-order valence-corrected chi connectivity index (χ0v) is 16.3. The van der Waals surface area contributed by atoms with Crippen LogP contribution in [0.3, 0.4) is 0 Å². The Balaban J connectivity index is 0.00000196. The number of para-hydroxylation sites is 2.